The second kappa shape index (κ2) is 4.07. The van der Waals surface area contributed by atoms with Crippen molar-refractivity contribution in [2.24, 2.45) is 0 Å². The van der Waals surface area contributed by atoms with Crippen LogP contribution < -0.4 is 10.1 Å². The molecule has 1 nitrogen and oxygen atoms in total. The summed E-state index contributed by atoms with van der Waals surface area (Å²) in [5.74, 6) is 0. The molecule has 0 atom stereocenters. The van der Waals surface area contributed by atoms with Crippen LogP contribution in [0.25, 0.3) is 10.8 Å². The average molecular weight is 255 g/mol. The van der Waals surface area contributed by atoms with E-state index in [1.807, 2.05) is 0 Å². The second-order valence-corrected chi connectivity index (χ2v) is 5.61. The summed E-state index contributed by atoms with van der Waals surface area (Å²) in [5.41, 5.74) is 0.614. The van der Waals surface area contributed by atoms with Crippen LogP contribution in [0.15, 0.2) is 36.4 Å². The molecule has 0 radical (unpaired) electrons. The fraction of sp³-hybridized carbons (Fsp3) is 0.167. The Bertz CT molecular complexity index is 544. The predicted molar refractivity (Wildman–Crippen MR) is 67.0 cm³/mol. The fourth-order valence-corrected chi connectivity index (χ4v) is 2.77. The van der Waals surface area contributed by atoms with Crippen molar-refractivity contribution in [2.45, 2.75) is 0 Å². The van der Waals surface area contributed by atoms with Crippen LogP contribution in [-0.2, 0) is 0 Å². The maximum absolute atomic E-state index is 13.1. The minimum Gasteiger partial charge on any atom is -0.377 e. The molecule has 2 rings (SSSR count). The molecule has 90 valence electrons. The number of hydrogen-bond acceptors (Lipinski definition) is 1. The van der Waals surface area contributed by atoms with Crippen molar-refractivity contribution >= 4 is 30.7 Å². The van der Waals surface area contributed by atoms with E-state index in [0.29, 0.717) is 16.5 Å². The minimum atomic E-state index is -5.80. The number of halogens is 3. The zero-order valence-electron chi connectivity index (χ0n) is 9.55. The lowest BCUT2D eigenvalue weighted by molar-refractivity contribution is 0.502. The molecule has 0 aliphatic rings. The molecule has 0 unspecified atom stereocenters. The molecular weight excluding hydrogens is 243 g/mol. The standard InChI is InChI=1S/C12H12F3NSi/c1-16(2)10-7-3-5-9-6-4-8-11(12(9)10)17(13,14)15/h3-8H,1-2H3. The molecule has 0 amide bonds. The van der Waals surface area contributed by atoms with E-state index in [1.165, 1.54) is 12.1 Å². The fourth-order valence-electron chi connectivity index (χ4n) is 1.93. The van der Waals surface area contributed by atoms with Gasteiger partial charge in [0, 0.05) is 30.4 Å². The molecule has 0 bridgehead atoms. The molecule has 5 heteroatoms. The van der Waals surface area contributed by atoms with Gasteiger partial charge >= 0.3 is 9.08 Å². The largest absolute Gasteiger partial charge is 0.653 e. The lowest BCUT2D eigenvalue weighted by atomic mass is 10.1. The van der Waals surface area contributed by atoms with Crippen molar-refractivity contribution in [3.8, 4) is 0 Å². The van der Waals surface area contributed by atoms with Crippen molar-refractivity contribution in [2.75, 3.05) is 19.0 Å². The summed E-state index contributed by atoms with van der Waals surface area (Å²) in [5, 5.41) is 0.511. The third-order valence-electron chi connectivity index (χ3n) is 2.67. The van der Waals surface area contributed by atoms with E-state index in [-0.39, 0.29) is 0 Å². The highest BCUT2D eigenvalue weighted by Gasteiger charge is 2.41. The average Bonchev–Trinajstić information content (AvgIpc) is 2.26. The van der Waals surface area contributed by atoms with E-state index < -0.39 is 14.3 Å². The Hall–Kier alpha value is -1.49. The van der Waals surface area contributed by atoms with E-state index in [2.05, 4.69) is 0 Å². The van der Waals surface area contributed by atoms with Crippen molar-refractivity contribution in [3.63, 3.8) is 0 Å². The van der Waals surface area contributed by atoms with Gasteiger partial charge in [-0.05, 0) is 11.5 Å². The first kappa shape index (κ1) is 12.0. The Labute approximate surface area is 99.0 Å². The highest BCUT2D eigenvalue weighted by molar-refractivity contribution is 6.76. The molecule has 0 heterocycles. The van der Waals surface area contributed by atoms with Gasteiger partial charge in [-0.2, -0.15) is 0 Å². The monoisotopic (exact) mass is 255 g/mol. The van der Waals surface area contributed by atoms with Gasteiger partial charge in [0.25, 0.3) is 0 Å². The zero-order valence-corrected chi connectivity index (χ0v) is 10.5. The Morgan fingerprint density at radius 1 is 0.941 bits per heavy atom. The second-order valence-electron chi connectivity index (χ2n) is 4.07. The lowest BCUT2D eigenvalue weighted by Gasteiger charge is -2.18. The number of fused-ring (bicyclic) bond motifs is 1. The first-order valence-corrected chi connectivity index (χ1v) is 6.81. The summed E-state index contributed by atoms with van der Waals surface area (Å²) in [6.45, 7) is 0. The highest BCUT2D eigenvalue weighted by Crippen LogP contribution is 2.26. The van der Waals surface area contributed by atoms with E-state index in [9.17, 15) is 12.3 Å². The summed E-state index contributed by atoms with van der Waals surface area (Å²) in [6, 6.07) is 9.57. The van der Waals surface area contributed by atoms with Gasteiger partial charge in [0.15, 0.2) is 0 Å². The molecule has 0 aromatic heterocycles. The van der Waals surface area contributed by atoms with Gasteiger partial charge in [-0.1, -0.05) is 30.3 Å². The maximum atomic E-state index is 13.1. The van der Waals surface area contributed by atoms with Gasteiger partial charge in [0.05, 0.1) is 0 Å². The highest BCUT2D eigenvalue weighted by atomic mass is 28.5. The van der Waals surface area contributed by atoms with E-state index >= 15 is 0 Å². The molecule has 2 aromatic carbocycles. The Balaban J connectivity index is 2.86. The Kier molecular flexibility index (Phi) is 2.87. The molecule has 17 heavy (non-hydrogen) atoms. The van der Waals surface area contributed by atoms with Crippen molar-refractivity contribution in [1.82, 2.24) is 0 Å². The van der Waals surface area contributed by atoms with Crippen molar-refractivity contribution in [3.05, 3.63) is 36.4 Å². The topological polar surface area (TPSA) is 3.24 Å². The molecule has 0 saturated carbocycles. The van der Waals surface area contributed by atoms with Gasteiger partial charge in [0.1, 0.15) is 0 Å². The first-order chi connectivity index (χ1) is 7.91. The number of hydrogen-bond donors (Lipinski definition) is 0. The Morgan fingerprint density at radius 2 is 1.53 bits per heavy atom. The molecule has 0 spiro atoms. The third kappa shape index (κ3) is 2.15. The molecule has 0 aliphatic carbocycles. The number of benzene rings is 2. The molecule has 2 aromatic rings. The quantitative estimate of drug-likeness (QED) is 0.589. The Morgan fingerprint density at radius 3 is 2.06 bits per heavy atom. The maximum Gasteiger partial charge on any atom is 0.653 e. The zero-order chi connectivity index (χ0) is 12.6. The van der Waals surface area contributed by atoms with Crippen LogP contribution in [0.3, 0.4) is 0 Å². The lowest BCUT2D eigenvalue weighted by Crippen LogP contribution is -2.35. The van der Waals surface area contributed by atoms with Crippen LogP contribution in [0.2, 0.25) is 0 Å². The molecular formula is C12H12F3NSi. The van der Waals surface area contributed by atoms with Crippen LogP contribution in [0, 0.1) is 0 Å². The minimum absolute atomic E-state index is 0.319. The molecule has 0 fully saturated rings. The molecule has 0 N–H and O–H groups in total. The number of nitrogens with zero attached hydrogens (tertiary/aromatic N) is 1. The van der Waals surface area contributed by atoms with Crippen molar-refractivity contribution < 1.29 is 12.3 Å². The summed E-state index contributed by atoms with van der Waals surface area (Å²) in [7, 11) is -2.29. The number of anilines is 1. The van der Waals surface area contributed by atoms with Crippen LogP contribution in [-0.4, -0.2) is 23.2 Å². The summed E-state index contributed by atoms with van der Waals surface area (Å²) < 4.78 is 39.2. The van der Waals surface area contributed by atoms with Gasteiger partial charge in [-0.25, -0.2) is 12.3 Å². The van der Waals surface area contributed by atoms with Gasteiger partial charge < -0.3 is 4.90 Å². The summed E-state index contributed by atoms with van der Waals surface area (Å²) >= 11 is 0. The summed E-state index contributed by atoms with van der Waals surface area (Å²) in [6.07, 6.45) is 0. The first-order valence-electron chi connectivity index (χ1n) is 5.17. The van der Waals surface area contributed by atoms with Crippen LogP contribution in [0.1, 0.15) is 0 Å². The van der Waals surface area contributed by atoms with Crippen LogP contribution in [0.4, 0.5) is 18.0 Å². The van der Waals surface area contributed by atoms with E-state index in [1.54, 1.807) is 43.3 Å². The van der Waals surface area contributed by atoms with E-state index in [4.69, 9.17) is 0 Å². The SMILES string of the molecule is CN(C)c1cccc2cccc([Si](F)(F)F)c12. The normalized spacial score (nSPS) is 11.8. The van der Waals surface area contributed by atoms with E-state index in [0.717, 1.165) is 0 Å². The van der Waals surface area contributed by atoms with Crippen LogP contribution in [0.5, 0.6) is 0 Å². The smallest absolute Gasteiger partial charge is 0.377 e. The molecule has 0 saturated heterocycles. The predicted octanol–water partition coefficient (Wildman–Crippen LogP) is 2.96. The molecule has 0 aliphatic heterocycles. The third-order valence-corrected chi connectivity index (χ3v) is 3.70. The number of rotatable bonds is 2. The van der Waals surface area contributed by atoms with Crippen molar-refractivity contribution in [1.29, 1.82) is 0 Å². The van der Waals surface area contributed by atoms with Gasteiger partial charge in [-0.3, -0.25) is 0 Å². The van der Waals surface area contributed by atoms with Gasteiger partial charge in [-0.15, -0.1) is 0 Å². The summed E-state index contributed by atoms with van der Waals surface area (Å²) in [4.78, 5) is 1.71. The van der Waals surface area contributed by atoms with Crippen LogP contribution >= 0.6 is 0 Å². The van der Waals surface area contributed by atoms with Gasteiger partial charge in [0.2, 0.25) is 0 Å².